The number of urea groups is 1. The Morgan fingerprint density at radius 3 is 2.25 bits per heavy atom. The number of esters is 1. The van der Waals surface area contributed by atoms with Gasteiger partial charge in [-0.15, -0.1) is 0 Å². The van der Waals surface area contributed by atoms with Gasteiger partial charge in [-0.1, -0.05) is 24.3 Å². The molecule has 1 heterocycles. The number of nitrogens with zero attached hydrogens (tertiary/aromatic N) is 2. The first kappa shape index (κ1) is 28.2. The van der Waals surface area contributed by atoms with Crippen molar-refractivity contribution >= 4 is 35.2 Å². The van der Waals surface area contributed by atoms with Crippen LogP contribution < -0.4 is 19.7 Å². The fraction of sp³-hybridized carbons (Fsp3) is 0.267. The van der Waals surface area contributed by atoms with Crippen molar-refractivity contribution in [2.24, 2.45) is 0 Å². The second-order valence-corrected chi connectivity index (χ2v) is 8.99. The van der Waals surface area contributed by atoms with Gasteiger partial charge in [0, 0.05) is 12.2 Å². The summed E-state index contributed by atoms with van der Waals surface area (Å²) < 4.78 is 15.6. The first-order valence-electron chi connectivity index (χ1n) is 12.8. The average molecular weight is 546 g/mol. The van der Waals surface area contributed by atoms with Crippen LogP contribution in [0.1, 0.15) is 29.3 Å². The summed E-state index contributed by atoms with van der Waals surface area (Å²) in [6.45, 7) is 2.18. The lowest BCUT2D eigenvalue weighted by Gasteiger charge is -2.22. The molecule has 3 aromatic carbocycles. The third-order valence-corrected chi connectivity index (χ3v) is 6.48. The number of anilines is 2. The number of rotatable bonds is 11. The van der Waals surface area contributed by atoms with E-state index < -0.39 is 29.9 Å². The molecule has 10 heteroatoms. The summed E-state index contributed by atoms with van der Waals surface area (Å²) in [5.74, 6) is -0.239. The van der Waals surface area contributed by atoms with Crippen LogP contribution in [0.4, 0.5) is 16.2 Å². The van der Waals surface area contributed by atoms with E-state index in [4.69, 9.17) is 14.2 Å². The van der Waals surface area contributed by atoms with Crippen LogP contribution in [0.25, 0.3) is 0 Å². The van der Waals surface area contributed by atoms with Gasteiger partial charge < -0.3 is 24.4 Å². The molecule has 0 aliphatic carbocycles. The summed E-state index contributed by atoms with van der Waals surface area (Å²) in [7, 11) is 3.09. The van der Waals surface area contributed by atoms with Crippen molar-refractivity contribution in [1.82, 2.24) is 4.90 Å². The predicted octanol–water partition coefficient (Wildman–Crippen LogP) is 4.29. The van der Waals surface area contributed by atoms with Gasteiger partial charge in [0.1, 0.15) is 6.04 Å². The Bertz CT molecular complexity index is 1380. The zero-order valence-corrected chi connectivity index (χ0v) is 22.6. The Morgan fingerprint density at radius 1 is 0.900 bits per heavy atom. The number of hydrogen-bond acceptors (Lipinski definition) is 7. The van der Waals surface area contributed by atoms with Gasteiger partial charge in [-0.25, -0.2) is 14.5 Å². The fourth-order valence-corrected chi connectivity index (χ4v) is 4.48. The summed E-state index contributed by atoms with van der Waals surface area (Å²) in [5, 5.41) is 2.75. The van der Waals surface area contributed by atoms with Crippen LogP contribution >= 0.6 is 0 Å². The highest BCUT2D eigenvalue weighted by Gasteiger charge is 2.46. The molecule has 1 N–H and O–H groups in total. The van der Waals surface area contributed by atoms with E-state index in [0.717, 1.165) is 10.5 Å². The van der Waals surface area contributed by atoms with E-state index in [1.807, 2.05) is 12.1 Å². The summed E-state index contributed by atoms with van der Waals surface area (Å²) in [6.07, 6.45) is 0.189. The second kappa shape index (κ2) is 12.8. The van der Waals surface area contributed by atoms with Crippen molar-refractivity contribution < 1.29 is 33.4 Å². The summed E-state index contributed by atoms with van der Waals surface area (Å²) >= 11 is 0. The molecular formula is C30H31N3O7. The van der Waals surface area contributed by atoms with Crippen molar-refractivity contribution in [2.75, 3.05) is 37.6 Å². The van der Waals surface area contributed by atoms with E-state index >= 15 is 0 Å². The molecule has 3 aromatic rings. The minimum absolute atomic E-state index is 0.204. The quantitative estimate of drug-likeness (QED) is 0.282. The maximum atomic E-state index is 13.5. The number of hydrogen-bond donors (Lipinski definition) is 1. The van der Waals surface area contributed by atoms with Crippen molar-refractivity contribution in [1.29, 1.82) is 0 Å². The number of ether oxygens (including phenoxy) is 3. The lowest BCUT2D eigenvalue weighted by Crippen LogP contribution is -2.39. The summed E-state index contributed by atoms with van der Waals surface area (Å²) in [5.41, 5.74) is 2.12. The van der Waals surface area contributed by atoms with Gasteiger partial charge in [-0.3, -0.25) is 9.59 Å². The molecule has 1 aliphatic rings. The highest BCUT2D eigenvalue weighted by atomic mass is 16.5. The molecule has 0 saturated carbocycles. The molecule has 10 nitrogen and oxygen atoms in total. The van der Waals surface area contributed by atoms with Gasteiger partial charge in [0.15, 0.2) is 11.5 Å². The highest BCUT2D eigenvalue weighted by molar-refractivity contribution is 6.22. The monoisotopic (exact) mass is 545 g/mol. The lowest BCUT2D eigenvalue weighted by molar-refractivity contribution is -0.124. The van der Waals surface area contributed by atoms with Crippen LogP contribution in [0, 0.1) is 0 Å². The molecule has 0 radical (unpaired) electrons. The second-order valence-electron chi connectivity index (χ2n) is 8.99. The molecule has 0 bridgehead atoms. The van der Waals surface area contributed by atoms with Gasteiger partial charge in [-0.05, 0) is 67.4 Å². The number of methoxy groups -OCH3 is 2. The largest absolute Gasteiger partial charge is 0.493 e. The van der Waals surface area contributed by atoms with Crippen LogP contribution in [0.3, 0.4) is 0 Å². The maximum Gasteiger partial charge on any atom is 0.338 e. The average Bonchev–Trinajstić information content (AvgIpc) is 3.20. The zero-order valence-electron chi connectivity index (χ0n) is 22.6. The Balaban J connectivity index is 1.51. The molecule has 4 amide bonds. The molecular weight excluding hydrogens is 514 g/mol. The molecule has 1 atom stereocenters. The lowest BCUT2D eigenvalue weighted by atomic mass is 10.1. The normalized spacial score (nSPS) is 14.7. The van der Waals surface area contributed by atoms with E-state index in [2.05, 4.69) is 5.32 Å². The third kappa shape index (κ3) is 6.23. The number of imide groups is 1. The van der Waals surface area contributed by atoms with Crippen LogP contribution in [0.5, 0.6) is 11.5 Å². The number of amides is 4. The van der Waals surface area contributed by atoms with E-state index in [9.17, 15) is 19.2 Å². The first-order valence-corrected chi connectivity index (χ1v) is 12.8. The SMILES string of the molecule is CCOC(=O)c1ccc(NC(=O)CC2C(=O)N(c3ccccc3)C(=O)N2CCc2ccc(OC)c(OC)c2)cc1. The molecule has 4 rings (SSSR count). The maximum absolute atomic E-state index is 13.5. The Hall–Kier alpha value is -4.86. The first-order chi connectivity index (χ1) is 19.4. The molecule has 1 aliphatic heterocycles. The number of carbonyl (C=O) groups excluding carboxylic acids is 4. The molecule has 0 spiro atoms. The van der Waals surface area contributed by atoms with Crippen LogP contribution in [0.15, 0.2) is 72.8 Å². The van der Waals surface area contributed by atoms with E-state index in [0.29, 0.717) is 34.9 Å². The van der Waals surface area contributed by atoms with E-state index in [1.165, 1.54) is 4.90 Å². The third-order valence-electron chi connectivity index (χ3n) is 6.48. The number of nitrogens with one attached hydrogen (secondary N) is 1. The number of benzene rings is 3. The zero-order chi connectivity index (χ0) is 28.6. The molecule has 208 valence electrons. The number of para-hydroxylation sites is 1. The van der Waals surface area contributed by atoms with Crippen molar-refractivity contribution in [3.63, 3.8) is 0 Å². The molecule has 1 fully saturated rings. The van der Waals surface area contributed by atoms with Gasteiger partial charge in [0.05, 0.1) is 38.5 Å². The Kier molecular flexibility index (Phi) is 9.00. The molecule has 1 unspecified atom stereocenters. The standard InChI is InChI=1S/C30H31N3O7/c1-4-40-29(36)21-11-13-22(14-12-21)31-27(34)19-24-28(35)33(23-8-6-5-7-9-23)30(37)32(24)17-16-20-10-15-25(38-2)26(18-20)39-3/h5-15,18,24H,4,16-17,19H2,1-3H3,(H,31,34). The van der Waals surface area contributed by atoms with Crippen LogP contribution in [-0.2, 0) is 20.7 Å². The fourth-order valence-electron chi connectivity index (χ4n) is 4.48. The van der Waals surface area contributed by atoms with Gasteiger partial charge >= 0.3 is 12.0 Å². The Labute approximate surface area is 232 Å². The highest BCUT2D eigenvalue weighted by Crippen LogP contribution is 2.30. The topological polar surface area (TPSA) is 114 Å². The molecule has 1 saturated heterocycles. The minimum atomic E-state index is -0.994. The molecule has 40 heavy (non-hydrogen) atoms. The van der Waals surface area contributed by atoms with Crippen LogP contribution in [-0.4, -0.2) is 62.1 Å². The van der Waals surface area contributed by atoms with Crippen molar-refractivity contribution in [3.05, 3.63) is 83.9 Å². The van der Waals surface area contributed by atoms with Gasteiger partial charge in [0.2, 0.25) is 5.91 Å². The smallest absolute Gasteiger partial charge is 0.338 e. The summed E-state index contributed by atoms with van der Waals surface area (Å²) in [4.78, 5) is 54.4. The molecule has 0 aromatic heterocycles. The van der Waals surface area contributed by atoms with Gasteiger partial charge in [-0.2, -0.15) is 0 Å². The predicted molar refractivity (Wildman–Crippen MR) is 149 cm³/mol. The van der Waals surface area contributed by atoms with Gasteiger partial charge in [0.25, 0.3) is 5.91 Å². The number of carbonyl (C=O) groups is 4. The van der Waals surface area contributed by atoms with E-state index in [1.54, 1.807) is 81.8 Å². The van der Waals surface area contributed by atoms with Crippen molar-refractivity contribution in [2.45, 2.75) is 25.8 Å². The van der Waals surface area contributed by atoms with E-state index in [-0.39, 0.29) is 19.6 Å². The Morgan fingerprint density at radius 2 is 1.60 bits per heavy atom. The van der Waals surface area contributed by atoms with Crippen LogP contribution in [0.2, 0.25) is 0 Å². The summed E-state index contributed by atoms with van der Waals surface area (Å²) in [6, 6.07) is 18.8. The van der Waals surface area contributed by atoms with Crippen molar-refractivity contribution in [3.8, 4) is 11.5 Å². The minimum Gasteiger partial charge on any atom is -0.493 e.